The second-order valence-electron chi connectivity index (χ2n) is 10.3. The van der Waals surface area contributed by atoms with Crippen molar-refractivity contribution in [2.45, 2.75) is 39.3 Å². The summed E-state index contributed by atoms with van der Waals surface area (Å²) in [6.45, 7) is 4.89. The van der Waals surface area contributed by atoms with Crippen molar-refractivity contribution in [1.82, 2.24) is 38.6 Å². The summed E-state index contributed by atoms with van der Waals surface area (Å²) < 4.78 is 3.45. The molecule has 1 saturated carbocycles. The number of nitrogens with one attached hydrogen (secondary N) is 1. The highest BCUT2D eigenvalue weighted by Gasteiger charge is 2.45. The summed E-state index contributed by atoms with van der Waals surface area (Å²) in [7, 11) is 1.46. The maximum absolute atomic E-state index is 13.2. The number of anilines is 2. The van der Waals surface area contributed by atoms with Crippen LogP contribution in [0.3, 0.4) is 0 Å². The van der Waals surface area contributed by atoms with Gasteiger partial charge in [0, 0.05) is 45.1 Å². The molecule has 14 nitrogen and oxygen atoms in total. The minimum absolute atomic E-state index is 0.0459. The summed E-state index contributed by atoms with van der Waals surface area (Å²) in [5.74, 6) is 2.12. The maximum Gasteiger partial charge on any atom is 0.332 e. The third-order valence-electron chi connectivity index (χ3n) is 7.65. The van der Waals surface area contributed by atoms with Gasteiger partial charge in [-0.3, -0.25) is 23.5 Å². The quantitative estimate of drug-likeness (QED) is 0.335. The van der Waals surface area contributed by atoms with Crippen molar-refractivity contribution in [3.05, 3.63) is 51.8 Å². The SMILES string of the molecule is CCC(=O)Cn1c(=O)c2c(ncn2C(C)C(=O)Nc2ccnc(-c3cnc(N4CC5CC5C4)nc3)n2)n(C)c1=O. The summed E-state index contributed by atoms with van der Waals surface area (Å²) in [6, 6.07) is 0.664. The van der Waals surface area contributed by atoms with Crippen LogP contribution in [0.5, 0.6) is 0 Å². The number of carbonyl (C=O) groups is 2. The lowest BCUT2D eigenvalue weighted by Gasteiger charge is -2.17. The fourth-order valence-electron chi connectivity index (χ4n) is 5.10. The summed E-state index contributed by atoms with van der Waals surface area (Å²) in [4.78, 5) is 75.2. The fraction of sp³-hybridized carbons (Fsp3) is 0.423. The summed E-state index contributed by atoms with van der Waals surface area (Å²) in [6.07, 6.45) is 7.68. The molecule has 4 aromatic heterocycles. The zero-order chi connectivity index (χ0) is 28.1. The topological polar surface area (TPSA) is 163 Å². The molecule has 3 unspecified atom stereocenters. The zero-order valence-electron chi connectivity index (χ0n) is 22.3. The van der Waals surface area contributed by atoms with E-state index in [1.54, 1.807) is 32.3 Å². The van der Waals surface area contributed by atoms with Crippen LogP contribution in [0.2, 0.25) is 0 Å². The Kier molecular flexibility index (Phi) is 6.24. The van der Waals surface area contributed by atoms with Gasteiger partial charge in [-0.05, 0) is 31.2 Å². The number of imidazole rings is 1. The standard InChI is InChI=1S/C26H28N10O4/c1-4-18(37)12-35-24(39)20-22(33(3)26(35)40)30-13-36(20)14(2)23(38)32-19-5-6-27-21(31-19)17-8-28-25(29-9-17)34-10-15-7-16(15)11-34/h5-6,8-9,13-16H,4,7,10-12H2,1-3H3,(H,27,31,32,38). The van der Waals surface area contributed by atoms with Crippen molar-refractivity contribution >= 4 is 34.6 Å². The maximum atomic E-state index is 13.2. The van der Waals surface area contributed by atoms with Gasteiger partial charge in [-0.15, -0.1) is 0 Å². The van der Waals surface area contributed by atoms with E-state index in [0.29, 0.717) is 17.3 Å². The lowest BCUT2D eigenvalue weighted by Crippen LogP contribution is -2.41. The molecule has 4 aromatic rings. The van der Waals surface area contributed by atoms with Crippen molar-refractivity contribution in [2.24, 2.45) is 18.9 Å². The van der Waals surface area contributed by atoms with E-state index in [0.717, 1.165) is 29.5 Å². The number of hydrogen-bond donors (Lipinski definition) is 1. The molecular weight excluding hydrogens is 516 g/mol. The molecule has 1 aliphatic heterocycles. The average Bonchev–Trinajstić information content (AvgIpc) is 3.35. The number of hydrogen-bond acceptors (Lipinski definition) is 10. The largest absolute Gasteiger partial charge is 0.340 e. The molecular formula is C26H28N10O4. The molecule has 14 heteroatoms. The van der Waals surface area contributed by atoms with Gasteiger partial charge in [0.25, 0.3) is 5.56 Å². The van der Waals surface area contributed by atoms with E-state index >= 15 is 0 Å². The first-order valence-electron chi connectivity index (χ1n) is 13.1. The third kappa shape index (κ3) is 4.44. The van der Waals surface area contributed by atoms with Crippen LogP contribution in [-0.2, 0) is 23.2 Å². The summed E-state index contributed by atoms with van der Waals surface area (Å²) in [5, 5.41) is 2.75. The predicted octanol–water partition coefficient (Wildman–Crippen LogP) is 0.779. The number of aryl methyl sites for hydroxylation is 1. The average molecular weight is 545 g/mol. The first-order chi connectivity index (χ1) is 19.2. The van der Waals surface area contributed by atoms with Gasteiger partial charge in [0.2, 0.25) is 11.9 Å². The van der Waals surface area contributed by atoms with E-state index in [1.165, 1.54) is 35.1 Å². The molecule has 206 valence electrons. The van der Waals surface area contributed by atoms with E-state index in [2.05, 4.69) is 35.1 Å². The Bertz CT molecular complexity index is 1750. The van der Waals surface area contributed by atoms with Gasteiger partial charge >= 0.3 is 5.69 Å². The van der Waals surface area contributed by atoms with E-state index in [-0.39, 0.29) is 35.7 Å². The number of rotatable bonds is 8. The normalized spacial score (nSPS) is 18.5. The molecule has 2 aliphatic rings. The molecule has 1 amide bonds. The van der Waals surface area contributed by atoms with E-state index in [9.17, 15) is 19.2 Å². The third-order valence-corrected chi connectivity index (χ3v) is 7.65. The Hall–Kier alpha value is -4.75. The van der Waals surface area contributed by atoms with Gasteiger partial charge in [0.1, 0.15) is 11.9 Å². The Balaban J connectivity index is 1.22. The highest BCUT2D eigenvalue weighted by Crippen LogP contribution is 2.45. The highest BCUT2D eigenvalue weighted by atomic mass is 16.2. The smallest absolute Gasteiger partial charge is 0.332 e. The van der Waals surface area contributed by atoms with Crippen LogP contribution in [0.4, 0.5) is 11.8 Å². The predicted molar refractivity (Wildman–Crippen MR) is 145 cm³/mol. The van der Waals surface area contributed by atoms with Gasteiger partial charge in [-0.25, -0.2) is 29.7 Å². The van der Waals surface area contributed by atoms with Crippen molar-refractivity contribution < 1.29 is 9.59 Å². The molecule has 0 spiro atoms. The number of ketones is 1. The van der Waals surface area contributed by atoms with E-state index in [1.807, 2.05) is 0 Å². The first kappa shape index (κ1) is 25.5. The molecule has 0 bridgehead atoms. The van der Waals surface area contributed by atoms with Crippen LogP contribution < -0.4 is 21.5 Å². The molecule has 5 heterocycles. The molecule has 0 radical (unpaired) electrons. The minimum Gasteiger partial charge on any atom is -0.340 e. The first-order valence-corrected chi connectivity index (χ1v) is 13.1. The van der Waals surface area contributed by atoms with Crippen molar-refractivity contribution in [3.63, 3.8) is 0 Å². The van der Waals surface area contributed by atoms with Gasteiger partial charge < -0.3 is 14.8 Å². The Morgan fingerprint density at radius 3 is 2.52 bits per heavy atom. The molecule has 1 N–H and O–H groups in total. The zero-order valence-corrected chi connectivity index (χ0v) is 22.3. The number of aromatic nitrogens is 8. The van der Waals surface area contributed by atoms with E-state index < -0.39 is 23.2 Å². The van der Waals surface area contributed by atoms with Crippen molar-refractivity contribution in [1.29, 1.82) is 0 Å². The monoisotopic (exact) mass is 544 g/mol. The Morgan fingerprint density at radius 1 is 1.10 bits per heavy atom. The van der Waals surface area contributed by atoms with Crippen LogP contribution in [0, 0.1) is 11.8 Å². The van der Waals surface area contributed by atoms with E-state index in [4.69, 9.17) is 0 Å². The van der Waals surface area contributed by atoms with Crippen LogP contribution in [0.25, 0.3) is 22.6 Å². The second-order valence-corrected chi connectivity index (χ2v) is 10.3. The molecule has 6 rings (SSSR count). The van der Waals surface area contributed by atoms with Crippen LogP contribution in [0.1, 0.15) is 32.7 Å². The lowest BCUT2D eigenvalue weighted by molar-refractivity contribution is -0.120. The summed E-state index contributed by atoms with van der Waals surface area (Å²) in [5.41, 5.74) is -0.556. The minimum atomic E-state index is -0.891. The van der Waals surface area contributed by atoms with Gasteiger partial charge in [0.05, 0.1) is 18.4 Å². The molecule has 3 atom stereocenters. The molecule has 40 heavy (non-hydrogen) atoms. The van der Waals surface area contributed by atoms with Crippen LogP contribution >= 0.6 is 0 Å². The molecule has 1 saturated heterocycles. The Labute approximate surface area is 227 Å². The van der Waals surface area contributed by atoms with Gasteiger partial charge in [-0.2, -0.15) is 0 Å². The number of piperidine rings is 1. The summed E-state index contributed by atoms with van der Waals surface area (Å²) >= 11 is 0. The van der Waals surface area contributed by atoms with Gasteiger partial charge in [-0.1, -0.05) is 6.92 Å². The molecule has 0 aromatic carbocycles. The Morgan fingerprint density at radius 2 is 1.82 bits per heavy atom. The highest BCUT2D eigenvalue weighted by molar-refractivity contribution is 5.93. The second kappa shape index (κ2) is 9.77. The number of amides is 1. The molecule has 1 aliphatic carbocycles. The van der Waals surface area contributed by atoms with Crippen molar-refractivity contribution in [2.75, 3.05) is 23.3 Å². The number of nitrogens with zero attached hydrogens (tertiary/aromatic N) is 9. The molecule has 2 fully saturated rings. The number of carbonyl (C=O) groups excluding carboxylic acids is 2. The fourth-order valence-corrected chi connectivity index (χ4v) is 5.10. The number of fused-ring (bicyclic) bond motifs is 2. The van der Waals surface area contributed by atoms with Crippen LogP contribution in [-0.4, -0.2) is 63.4 Å². The van der Waals surface area contributed by atoms with Crippen LogP contribution in [0.15, 0.2) is 40.6 Å². The lowest BCUT2D eigenvalue weighted by atomic mass is 10.3. The van der Waals surface area contributed by atoms with Crippen molar-refractivity contribution in [3.8, 4) is 11.4 Å². The number of Topliss-reactive ketones (excluding diaryl/α,β-unsaturated/α-hetero) is 1. The van der Waals surface area contributed by atoms with Gasteiger partial charge in [0.15, 0.2) is 22.8 Å².